The lowest BCUT2D eigenvalue weighted by molar-refractivity contribution is -0.149. The summed E-state index contributed by atoms with van der Waals surface area (Å²) < 4.78 is 0. The highest BCUT2D eigenvalue weighted by Crippen LogP contribution is 2.46. The molecule has 1 aliphatic carbocycles. The van der Waals surface area contributed by atoms with E-state index in [4.69, 9.17) is 5.11 Å². The quantitative estimate of drug-likeness (QED) is 0.738. The van der Waals surface area contributed by atoms with Crippen LogP contribution in [0.4, 0.5) is 0 Å². The van der Waals surface area contributed by atoms with E-state index in [-0.39, 0.29) is 5.91 Å². The minimum atomic E-state index is -1.15. The van der Waals surface area contributed by atoms with Gasteiger partial charge in [-0.3, -0.25) is 14.6 Å². The van der Waals surface area contributed by atoms with Crippen LogP contribution in [0.15, 0.2) is 11.7 Å². The van der Waals surface area contributed by atoms with E-state index < -0.39 is 11.4 Å². The highest BCUT2D eigenvalue weighted by Gasteiger charge is 2.56. The molecule has 2 N–H and O–H groups in total. The number of hydrogen-bond donors (Lipinski definition) is 2. The van der Waals surface area contributed by atoms with Crippen LogP contribution in [0, 0.1) is 5.41 Å². The molecule has 1 aliphatic rings. The molecule has 5 nitrogen and oxygen atoms in total. The van der Waals surface area contributed by atoms with Crippen molar-refractivity contribution in [2.24, 2.45) is 5.41 Å². The van der Waals surface area contributed by atoms with Gasteiger partial charge in [0.15, 0.2) is 0 Å². The van der Waals surface area contributed by atoms with Gasteiger partial charge in [0.25, 0.3) is 0 Å². The van der Waals surface area contributed by atoms with Crippen molar-refractivity contribution in [3.05, 3.63) is 16.6 Å². The molecule has 1 aromatic heterocycles. The van der Waals surface area contributed by atoms with Crippen molar-refractivity contribution in [1.29, 1.82) is 0 Å². The van der Waals surface area contributed by atoms with Gasteiger partial charge >= 0.3 is 5.97 Å². The summed E-state index contributed by atoms with van der Waals surface area (Å²) in [6, 6.07) is 0. The maximum absolute atomic E-state index is 11.6. The summed E-state index contributed by atoms with van der Waals surface area (Å²) in [7, 11) is 0. The highest BCUT2D eigenvalue weighted by atomic mass is 32.1. The number of aliphatic carboxylic acids is 1. The van der Waals surface area contributed by atoms with Crippen LogP contribution in [-0.4, -0.2) is 22.0 Å². The number of carbonyl (C=O) groups excluding carboxylic acids is 1. The standard InChI is InChI=1S/C9H10N2O3S/c12-7(9(1-2-9)8(13)14)11-4-6-3-10-5-15-6/h3,5H,1-2,4H2,(H,11,12)(H,13,14). The Labute approximate surface area is 90.1 Å². The minimum absolute atomic E-state index is 0.360. The first-order chi connectivity index (χ1) is 7.15. The predicted molar refractivity (Wildman–Crippen MR) is 53.3 cm³/mol. The molecule has 1 amide bonds. The third-order valence-electron chi connectivity index (χ3n) is 2.50. The summed E-state index contributed by atoms with van der Waals surface area (Å²) in [5, 5.41) is 11.5. The van der Waals surface area contributed by atoms with E-state index in [1.54, 1.807) is 11.7 Å². The van der Waals surface area contributed by atoms with Gasteiger partial charge in [0, 0.05) is 11.1 Å². The monoisotopic (exact) mass is 226 g/mol. The Morgan fingerprint density at radius 2 is 2.33 bits per heavy atom. The van der Waals surface area contributed by atoms with E-state index in [0.29, 0.717) is 19.4 Å². The number of carboxylic acid groups (broad SMARTS) is 1. The molecule has 15 heavy (non-hydrogen) atoms. The van der Waals surface area contributed by atoms with Gasteiger partial charge in [-0.1, -0.05) is 0 Å². The lowest BCUT2D eigenvalue weighted by atomic mass is 10.1. The van der Waals surface area contributed by atoms with Gasteiger partial charge in [-0.05, 0) is 12.8 Å². The fourth-order valence-electron chi connectivity index (χ4n) is 1.33. The normalized spacial score (nSPS) is 17.1. The van der Waals surface area contributed by atoms with Gasteiger partial charge in [0.1, 0.15) is 5.41 Å². The third-order valence-corrected chi connectivity index (χ3v) is 3.28. The molecule has 0 unspecified atom stereocenters. The van der Waals surface area contributed by atoms with Crippen molar-refractivity contribution < 1.29 is 14.7 Å². The molecule has 2 rings (SSSR count). The molecule has 80 valence electrons. The smallest absolute Gasteiger partial charge is 0.319 e. The van der Waals surface area contributed by atoms with Gasteiger partial charge in [0.05, 0.1) is 12.1 Å². The van der Waals surface area contributed by atoms with Crippen LogP contribution >= 0.6 is 11.3 Å². The number of aromatic nitrogens is 1. The Bertz CT molecular complexity index is 384. The number of nitrogens with zero attached hydrogens (tertiary/aromatic N) is 1. The van der Waals surface area contributed by atoms with Crippen molar-refractivity contribution in [3.63, 3.8) is 0 Å². The average Bonchev–Trinajstić information content (AvgIpc) is 2.87. The highest BCUT2D eigenvalue weighted by molar-refractivity contribution is 7.09. The Hall–Kier alpha value is -1.43. The Morgan fingerprint density at radius 3 is 2.80 bits per heavy atom. The number of hydrogen-bond acceptors (Lipinski definition) is 4. The van der Waals surface area contributed by atoms with E-state index in [0.717, 1.165) is 4.88 Å². The minimum Gasteiger partial charge on any atom is -0.480 e. The van der Waals surface area contributed by atoms with Gasteiger partial charge in [-0.2, -0.15) is 0 Å². The first kappa shape index (κ1) is 10.1. The lowest BCUT2D eigenvalue weighted by Crippen LogP contribution is -2.36. The number of carboxylic acids is 1. The molecular weight excluding hydrogens is 216 g/mol. The summed E-state index contributed by atoms with van der Waals surface area (Å²) >= 11 is 1.43. The van der Waals surface area contributed by atoms with Gasteiger partial charge in [-0.15, -0.1) is 11.3 Å². The van der Waals surface area contributed by atoms with Crippen LogP contribution in [0.2, 0.25) is 0 Å². The molecule has 1 aromatic rings. The summed E-state index contributed by atoms with van der Waals surface area (Å²) in [5.41, 5.74) is 0.524. The van der Waals surface area contributed by atoms with Gasteiger partial charge < -0.3 is 10.4 Å². The van der Waals surface area contributed by atoms with Crippen molar-refractivity contribution in [1.82, 2.24) is 10.3 Å². The number of nitrogens with one attached hydrogen (secondary N) is 1. The topological polar surface area (TPSA) is 79.3 Å². The SMILES string of the molecule is O=C(O)C1(C(=O)NCc2cncs2)CC1. The number of rotatable bonds is 4. The second-order valence-electron chi connectivity index (χ2n) is 3.54. The van der Waals surface area contributed by atoms with Crippen molar-refractivity contribution in [3.8, 4) is 0 Å². The van der Waals surface area contributed by atoms with E-state index in [2.05, 4.69) is 10.3 Å². The summed E-state index contributed by atoms with van der Waals surface area (Å²) in [6.45, 7) is 0.360. The van der Waals surface area contributed by atoms with Crippen molar-refractivity contribution >= 4 is 23.2 Å². The molecule has 6 heteroatoms. The molecule has 0 spiro atoms. The van der Waals surface area contributed by atoms with E-state index in [1.807, 2.05) is 0 Å². The van der Waals surface area contributed by atoms with Crippen LogP contribution in [-0.2, 0) is 16.1 Å². The molecule has 1 saturated carbocycles. The first-order valence-electron chi connectivity index (χ1n) is 4.54. The molecule has 0 bridgehead atoms. The van der Waals surface area contributed by atoms with Gasteiger partial charge in [-0.25, -0.2) is 0 Å². The second kappa shape index (κ2) is 3.62. The molecule has 0 atom stereocenters. The van der Waals surface area contributed by atoms with Crippen LogP contribution < -0.4 is 5.32 Å². The third kappa shape index (κ3) is 1.85. The van der Waals surface area contributed by atoms with Crippen LogP contribution in [0.25, 0.3) is 0 Å². The summed E-state index contributed by atoms with van der Waals surface area (Å²) in [6.07, 6.45) is 2.54. The zero-order valence-electron chi connectivity index (χ0n) is 7.90. The number of amides is 1. The molecule has 0 radical (unpaired) electrons. The summed E-state index contributed by atoms with van der Waals surface area (Å²) in [4.78, 5) is 27.2. The van der Waals surface area contributed by atoms with E-state index >= 15 is 0 Å². The zero-order chi connectivity index (χ0) is 10.9. The van der Waals surface area contributed by atoms with Crippen LogP contribution in [0.1, 0.15) is 17.7 Å². The molecular formula is C9H10N2O3S. The Morgan fingerprint density at radius 1 is 1.60 bits per heavy atom. The molecule has 0 aliphatic heterocycles. The van der Waals surface area contributed by atoms with Crippen molar-refractivity contribution in [2.75, 3.05) is 0 Å². The van der Waals surface area contributed by atoms with Crippen LogP contribution in [0.3, 0.4) is 0 Å². The van der Waals surface area contributed by atoms with Gasteiger partial charge in [0.2, 0.25) is 5.91 Å². The fourth-order valence-corrected chi connectivity index (χ4v) is 1.86. The number of thiazole rings is 1. The fraction of sp³-hybridized carbons (Fsp3) is 0.444. The Kier molecular flexibility index (Phi) is 2.44. The maximum atomic E-state index is 11.6. The lowest BCUT2D eigenvalue weighted by Gasteiger charge is -2.09. The maximum Gasteiger partial charge on any atom is 0.319 e. The van der Waals surface area contributed by atoms with E-state index in [9.17, 15) is 9.59 Å². The largest absolute Gasteiger partial charge is 0.480 e. The van der Waals surface area contributed by atoms with Crippen molar-refractivity contribution in [2.45, 2.75) is 19.4 Å². The molecule has 1 heterocycles. The van der Waals surface area contributed by atoms with Crippen LogP contribution in [0.5, 0.6) is 0 Å². The van der Waals surface area contributed by atoms with E-state index in [1.165, 1.54) is 11.3 Å². The molecule has 0 saturated heterocycles. The predicted octanol–water partition coefficient (Wildman–Crippen LogP) is 0.624. The summed E-state index contributed by atoms with van der Waals surface area (Å²) in [5.74, 6) is -1.41. The average molecular weight is 226 g/mol. The zero-order valence-corrected chi connectivity index (χ0v) is 8.71. The first-order valence-corrected chi connectivity index (χ1v) is 5.42. The molecule has 1 fully saturated rings. The number of carbonyl (C=O) groups is 2. The molecule has 0 aromatic carbocycles. The second-order valence-corrected chi connectivity index (χ2v) is 4.51. The Balaban J connectivity index is 1.91.